The van der Waals surface area contributed by atoms with Gasteiger partial charge in [-0.2, -0.15) is 4.98 Å². The van der Waals surface area contributed by atoms with Crippen LogP contribution in [-0.4, -0.2) is 13.4 Å². The largest absolute Gasteiger partial charge is 0.419 e. The first-order chi connectivity index (χ1) is 14.8. The third kappa shape index (κ3) is 4.50. The maximum absolute atomic E-state index is 13.4. The molecule has 0 amide bonds. The average molecular weight is 453 g/mol. The summed E-state index contributed by atoms with van der Waals surface area (Å²) in [5, 5.41) is 3.48. The first-order valence-corrected chi connectivity index (χ1v) is 11.6. The maximum Gasteiger partial charge on any atom is 0.234 e. The Morgan fingerprint density at radius 2 is 1.58 bits per heavy atom. The maximum atomic E-state index is 13.4. The van der Waals surface area contributed by atoms with Gasteiger partial charge in [0.1, 0.15) is 0 Å². The number of aromatic nitrogens is 1. The van der Waals surface area contributed by atoms with Gasteiger partial charge in [0.15, 0.2) is 0 Å². The van der Waals surface area contributed by atoms with E-state index in [4.69, 9.17) is 16.0 Å². The Morgan fingerprint density at radius 3 is 2.23 bits per heavy atom. The Labute approximate surface area is 186 Å². The molecule has 0 radical (unpaired) electrons. The summed E-state index contributed by atoms with van der Waals surface area (Å²) in [5.41, 5.74) is 2.77. The van der Waals surface area contributed by atoms with Gasteiger partial charge in [-0.25, -0.2) is 8.42 Å². The number of hydrogen-bond acceptors (Lipinski definition) is 5. The summed E-state index contributed by atoms with van der Waals surface area (Å²) in [6, 6.07) is 23.1. The van der Waals surface area contributed by atoms with Crippen LogP contribution in [-0.2, 0) is 9.84 Å². The highest BCUT2D eigenvalue weighted by Crippen LogP contribution is 2.34. The first kappa shape index (κ1) is 21.2. The second-order valence-corrected chi connectivity index (χ2v) is 9.55. The van der Waals surface area contributed by atoms with Gasteiger partial charge in [0.25, 0.3) is 0 Å². The summed E-state index contributed by atoms with van der Waals surface area (Å²) in [5.74, 6) is 0.331. The molecule has 0 spiro atoms. The zero-order chi connectivity index (χ0) is 22.0. The van der Waals surface area contributed by atoms with Crippen LogP contribution in [0.2, 0.25) is 5.02 Å². The number of sulfone groups is 1. The Balaban J connectivity index is 1.80. The summed E-state index contributed by atoms with van der Waals surface area (Å²) < 4.78 is 32.7. The van der Waals surface area contributed by atoms with E-state index < -0.39 is 9.84 Å². The van der Waals surface area contributed by atoms with E-state index in [9.17, 15) is 8.42 Å². The monoisotopic (exact) mass is 452 g/mol. The van der Waals surface area contributed by atoms with E-state index in [-0.39, 0.29) is 27.7 Å². The van der Waals surface area contributed by atoms with Crippen molar-refractivity contribution in [1.29, 1.82) is 0 Å². The summed E-state index contributed by atoms with van der Waals surface area (Å²) in [6.45, 7) is 3.91. The van der Waals surface area contributed by atoms with Crippen molar-refractivity contribution < 1.29 is 12.8 Å². The molecule has 1 unspecified atom stereocenters. The molecule has 1 aromatic heterocycles. The van der Waals surface area contributed by atoms with Crippen molar-refractivity contribution in [2.45, 2.75) is 29.8 Å². The molecule has 0 aliphatic heterocycles. The van der Waals surface area contributed by atoms with Crippen LogP contribution in [0.1, 0.15) is 24.1 Å². The van der Waals surface area contributed by atoms with Crippen LogP contribution >= 0.6 is 11.6 Å². The minimum atomic E-state index is -3.94. The van der Waals surface area contributed by atoms with Crippen molar-refractivity contribution in [2.75, 3.05) is 5.32 Å². The summed E-state index contributed by atoms with van der Waals surface area (Å²) in [4.78, 5) is 4.47. The molecule has 1 N–H and O–H groups in total. The molecule has 0 bridgehead atoms. The van der Waals surface area contributed by atoms with E-state index in [0.717, 1.165) is 11.1 Å². The van der Waals surface area contributed by atoms with Gasteiger partial charge in [-0.15, -0.1) is 0 Å². The minimum Gasteiger partial charge on any atom is -0.419 e. The zero-order valence-corrected chi connectivity index (χ0v) is 18.6. The topological polar surface area (TPSA) is 72.2 Å². The van der Waals surface area contributed by atoms with Gasteiger partial charge in [0.2, 0.25) is 26.6 Å². The number of nitrogens with one attached hydrogen (secondary N) is 1. The third-order valence-electron chi connectivity index (χ3n) is 4.92. The third-order valence-corrected chi connectivity index (χ3v) is 6.85. The fraction of sp³-hybridized carbons (Fsp3) is 0.125. The molecule has 0 saturated carbocycles. The lowest BCUT2D eigenvalue weighted by atomic mass is 10.1. The highest BCUT2D eigenvalue weighted by molar-refractivity contribution is 7.91. The summed E-state index contributed by atoms with van der Waals surface area (Å²) in [6.07, 6.45) is 0. The highest BCUT2D eigenvalue weighted by atomic mass is 35.5. The standard InChI is InChI=1S/C24H21ClN2O3S/c1-16-8-10-19(11-9-16)22-27-24(31(28,29)21-14-12-20(25)13-15-21)23(30-22)26-17(2)18-6-4-3-5-7-18/h3-15,17,26H,1-2H3. The van der Waals surface area contributed by atoms with Crippen molar-refractivity contribution in [3.63, 3.8) is 0 Å². The molecule has 0 aliphatic rings. The number of oxazole rings is 1. The van der Waals surface area contributed by atoms with Crippen LogP contribution in [0.25, 0.3) is 11.5 Å². The second-order valence-electron chi connectivity index (χ2n) is 7.25. The molecule has 31 heavy (non-hydrogen) atoms. The predicted octanol–water partition coefficient (Wildman–Crippen LogP) is 6.31. The molecule has 0 aliphatic carbocycles. The van der Waals surface area contributed by atoms with Gasteiger partial charge in [0, 0.05) is 10.6 Å². The Hall–Kier alpha value is -3.09. The predicted molar refractivity (Wildman–Crippen MR) is 122 cm³/mol. The molecule has 0 fully saturated rings. The number of benzene rings is 3. The average Bonchev–Trinajstić information content (AvgIpc) is 3.20. The zero-order valence-electron chi connectivity index (χ0n) is 17.0. The molecule has 3 aromatic carbocycles. The molecule has 4 rings (SSSR count). The van der Waals surface area contributed by atoms with Gasteiger partial charge < -0.3 is 9.73 Å². The number of rotatable bonds is 6. The van der Waals surface area contributed by atoms with Crippen molar-refractivity contribution in [3.05, 3.63) is 95.0 Å². The van der Waals surface area contributed by atoms with Crippen molar-refractivity contribution in [2.24, 2.45) is 0 Å². The van der Waals surface area contributed by atoms with Crippen LogP contribution in [0.5, 0.6) is 0 Å². The number of anilines is 1. The molecular formula is C24H21ClN2O3S. The first-order valence-electron chi connectivity index (χ1n) is 9.74. The lowest BCUT2D eigenvalue weighted by Gasteiger charge is -2.14. The SMILES string of the molecule is Cc1ccc(-c2nc(S(=O)(=O)c3ccc(Cl)cc3)c(NC(C)c3ccccc3)o2)cc1. The van der Waals surface area contributed by atoms with E-state index in [1.54, 1.807) is 0 Å². The normalized spacial score (nSPS) is 12.5. The van der Waals surface area contributed by atoms with Crippen molar-refractivity contribution in [3.8, 4) is 11.5 Å². The second kappa shape index (κ2) is 8.57. The molecule has 158 valence electrons. The quantitative estimate of drug-likeness (QED) is 0.371. The smallest absolute Gasteiger partial charge is 0.234 e. The number of aryl methyl sites for hydroxylation is 1. The minimum absolute atomic E-state index is 0.0936. The van der Waals surface area contributed by atoms with E-state index >= 15 is 0 Å². The lowest BCUT2D eigenvalue weighted by molar-refractivity contribution is 0.570. The van der Waals surface area contributed by atoms with Crippen molar-refractivity contribution >= 4 is 27.3 Å². The van der Waals surface area contributed by atoms with Crippen LogP contribution in [0, 0.1) is 6.92 Å². The molecule has 1 heterocycles. The van der Waals surface area contributed by atoms with E-state index in [2.05, 4.69) is 10.3 Å². The summed E-state index contributed by atoms with van der Waals surface area (Å²) in [7, 11) is -3.94. The molecule has 7 heteroatoms. The van der Waals surface area contributed by atoms with Gasteiger partial charge in [-0.1, -0.05) is 59.6 Å². The summed E-state index contributed by atoms with van der Waals surface area (Å²) >= 11 is 5.93. The number of hydrogen-bond donors (Lipinski definition) is 1. The number of halogens is 1. The molecular weight excluding hydrogens is 432 g/mol. The van der Waals surface area contributed by atoms with Crippen LogP contribution in [0.3, 0.4) is 0 Å². The molecule has 5 nitrogen and oxygen atoms in total. The molecule has 4 aromatic rings. The van der Waals surface area contributed by atoms with Crippen molar-refractivity contribution in [1.82, 2.24) is 4.98 Å². The van der Waals surface area contributed by atoms with Crippen LogP contribution < -0.4 is 5.32 Å². The Morgan fingerprint density at radius 1 is 0.935 bits per heavy atom. The Bertz CT molecular complexity index is 1280. The van der Waals surface area contributed by atoms with Gasteiger partial charge >= 0.3 is 0 Å². The van der Waals surface area contributed by atoms with Gasteiger partial charge in [-0.3, -0.25) is 0 Å². The van der Waals surface area contributed by atoms with E-state index in [1.807, 2.05) is 68.4 Å². The Kier molecular flexibility index (Phi) is 5.85. The highest BCUT2D eigenvalue weighted by Gasteiger charge is 2.29. The van der Waals surface area contributed by atoms with Gasteiger partial charge in [-0.05, 0) is 55.8 Å². The van der Waals surface area contributed by atoms with Gasteiger partial charge in [0.05, 0.1) is 10.9 Å². The van der Waals surface area contributed by atoms with Crippen LogP contribution in [0.15, 0.2) is 93.2 Å². The van der Waals surface area contributed by atoms with Crippen LogP contribution in [0.4, 0.5) is 5.88 Å². The lowest BCUT2D eigenvalue weighted by Crippen LogP contribution is -2.10. The molecule has 1 atom stereocenters. The number of nitrogens with zero attached hydrogens (tertiary/aromatic N) is 1. The molecule has 0 saturated heterocycles. The fourth-order valence-electron chi connectivity index (χ4n) is 3.15. The van der Waals surface area contributed by atoms with E-state index in [0.29, 0.717) is 10.6 Å². The van der Waals surface area contributed by atoms with E-state index in [1.165, 1.54) is 24.3 Å². The fourth-order valence-corrected chi connectivity index (χ4v) is 4.54.